The summed E-state index contributed by atoms with van der Waals surface area (Å²) in [6, 6.07) is 7.74. The zero-order valence-electron chi connectivity index (χ0n) is 17.5. The maximum absolute atomic E-state index is 5.87. The van der Waals surface area contributed by atoms with Crippen LogP contribution in [-0.2, 0) is 0 Å². The molecule has 2 heterocycles. The maximum atomic E-state index is 5.87. The molecule has 0 bridgehead atoms. The van der Waals surface area contributed by atoms with E-state index in [1.54, 1.807) is 29.0 Å². The molecule has 29 heavy (non-hydrogen) atoms. The van der Waals surface area contributed by atoms with E-state index in [4.69, 9.17) is 9.47 Å². The monoisotopic (exact) mass is 396 g/mol. The van der Waals surface area contributed by atoms with Crippen LogP contribution in [-0.4, -0.2) is 44.6 Å². The van der Waals surface area contributed by atoms with Gasteiger partial charge in [0, 0.05) is 5.69 Å². The molecule has 3 rings (SSSR count). The Morgan fingerprint density at radius 3 is 2.69 bits per heavy atom. The number of aryl methyl sites for hydroxylation is 2. The number of aromatic nitrogens is 5. The molecule has 0 radical (unpaired) electrons. The first-order valence-electron chi connectivity index (χ1n) is 9.91. The van der Waals surface area contributed by atoms with E-state index in [0.29, 0.717) is 18.3 Å². The normalized spacial score (nSPS) is 11.3. The van der Waals surface area contributed by atoms with Gasteiger partial charge in [0.15, 0.2) is 11.5 Å². The second-order valence-electron chi connectivity index (χ2n) is 6.88. The van der Waals surface area contributed by atoms with Gasteiger partial charge in [-0.2, -0.15) is 14.9 Å². The third-order valence-corrected chi connectivity index (χ3v) is 4.49. The zero-order chi connectivity index (χ0) is 20.6. The fourth-order valence-corrected chi connectivity index (χ4v) is 3.00. The number of methoxy groups -OCH3 is 1. The molecule has 154 valence electrons. The van der Waals surface area contributed by atoms with E-state index in [1.807, 2.05) is 38.1 Å². The molecule has 0 aliphatic carbocycles. The number of hydrogen-bond donors (Lipinski definition) is 0. The lowest BCUT2D eigenvalue weighted by Crippen LogP contribution is -2.06. The summed E-state index contributed by atoms with van der Waals surface area (Å²) in [7, 11) is 1.64. The predicted octanol–water partition coefficient (Wildman–Crippen LogP) is 3.93. The second-order valence-corrected chi connectivity index (χ2v) is 6.88. The quantitative estimate of drug-likeness (QED) is 0.383. The van der Waals surface area contributed by atoms with E-state index >= 15 is 0 Å². The number of hydrogen-bond acceptors (Lipinski definition) is 6. The van der Waals surface area contributed by atoms with Crippen LogP contribution in [0.4, 0.5) is 0 Å². The largest absolute Gasteiger partial charge is 0.493 e. The average molecular weight is 396 g/mol. The van der Waals surface area contributed by atoms with Crippen LogP contribution in [0.25, 0.3) is 5.95 Å². The zero-order valence-corrected chi connectivity index (χ0v) is 17.5. The molecule has 2 aromatic heterocycles. The fourth-order valence-electron chi connectivity index (χ4n) is 3.00. The van der Waals surface area contributed by atoms with Gasteiger partial charge in [0.25, 0.3) is 5.95 Å². The summed E-state index contributed by atoms with van der Waals surface area (Å²) in [5.74, 6) is 1.96. The highest BCUT2D eigenvalue weighted by atomic mass is 16.5. The molecule has 0 fully saturated rings. The maximum Gasteiger partial charge on any atom is 0.273 e. The van der Waals surface area contributed by atoms with Crippen LogP contribution in [0, 0.1) is 13.8 Å². The summed E-state index contributed by atoms with van der Waals surface area (Å²) in [4.78, 5) is 0. The Kier molecular flexibility index (Phi) is 6.99. The van der Waals surface area contributed by atoms with Crippen molar-refractivity contribution < 1.29 is 9.47 Å². The number of unbranched alkanes of at least 4 members (excludes halogenated alkanes) is 3. The topological polar surface area (TPSA) is 79.4 Å². The molecular weight excluding hydrogens is 368 g/mol. The Labute approximate surface area is 171 Å². The Bertz CT molecular complexity index is 960. The Morgan fingerprint density at radius 1 is 1.10 bits per heavy atom. The third-order valence-electron chi connectivity index (χ3n) is 4.49. The first kappa shape index (κ1) is 20.6. The van der Waals surface area contributed by atoms with Crippen molar-refractivity contribution in [3.05, 3.63) is 47.5 Å². The minimum absolute atomic E-state index is 0.533. The molecule has 0 unspecified atom stereocenters. The Balaban J connectivity index is 1.72. The molecule has 0 atom stereocenters. The number of benzene rings is 1. The fraction of sp³-hybridized carbons (Fsp3) is 0.429. The van der Waals surface area contributed by atoms with Crippen molar-refractivity contribution in [2.75, 3.05) is 13.7 Å². The number of rotatable bonds is 10. The van der Waals surface area contributed by atoms with Gasteiger partial charge < -0.3 is 9.47 Å². The molecule has 0 saturated heterocycles. The lowest BCUT2D eigenvalue weighted by molar-refractivity contribution is 0.285. The van der Waals surface area contributed by atoms with E-state index in [-0.39, 0.29) is 0 Å². The molecule has 0 spiro atoms. The van der Waals surface area contributed by atoms with Crippen LogP contribution in [0.15, 0.2) is 35.7 Å². The minimum atomic E-state index is 0.533. The predicted molar refractivity (Wildman–Crippen MR) is 112 cm³/mol. The van der Waals surface area contributed by atoms with E-state index in [1.165, 1.54) is 19.3 Å². The summed E-state index contributed by atoms with van der Waals surface area (Å²) in [6.07, 6.45) is 7.95. The van der Waals surface area contributed by atoms with Crippen LogP contribution in [0.5, 0.6) is 11.5 Å². The molecule has 0 saturated carbocycles. The summed E-state index contributed by atoms with van der Waals surface area (Å²) in [5, 5.41) is 17.0. The summed E-state index contributed by atoms with van der Waals surface area (Å²) in [5.41, 5.74) is 2.76. The van der Waals surface area contributed by atoms with Crippen molar-refractivity contribution >= 4 is 6.21 Å². The van der Waals surface area contributed by atoms with Crippen molar-refractivity contribution in [2.24, 2.45) is 5.10 Å². The van der Waals surface area contributed by atoms with Gasteiger partial charge in [-0.1, -0.05) is 26.2 Å². The smallest absolute Gasteiger partial charge is 0.273 e. The third kappa shape index (κ3) is 5.22. The highest BCUT2D eigenvalue weighted by Crippen LogP contribution is 2.28. The van der Waals surface area contributed by atoms with E-state index in [0.717, 1.165) is 29.1 Å². The molecule has 0 aliphatic heterocycles. The first-order chi connectivity index (χ1) is 14.1. The van der Waals surface area contributed by atoms with Crippen LogP contribution >= 0.6 is 0 Å². The molecule has 8 heteroatoms. The van der Waals surface area contributed by atoms with Crippen LogP contribution in [0.3, 0.4) is 0 Å². The number of nitrogens with zero attached hydrogens (tertiary/aromatic N) is 6. The Morgan fingerprint density at radius 2 is 1.97 bits per heavy atom. The van der Waals surface area contributed by atoms with Crippen molar-refractivity contribution in [1.29, 1.82) is 0 Å². The van der Waals surface area contributed by atoms with Crippen LogP contribution in [0.1, 0.15) is 49.6 Å². The van der Waals surface area contributed by atoms with Gasteiger partial charge in [-0.05, 0) is 50.1 Å². The van der Waals surface area contributed by atoms with Crippen molar-refractivity contribution in [2.45, 2.75) is 46.5 Å². The summed E-state index contributed by atoms with van der Waals surface area (Å²) >= 11 is 0. The van der Waals surface area contributed by atoms with E-state index in [9.17, 15) is 0 Å². The molecular formula is C21H28N6O2. The van der Waals surface area contributed by atoms with Gasteiger partial charge in [0.2, 0.25) is 0 Å². The lowest BCUT2D eigenvalue weighted by atomic mass is 10.2. The molecule has 1 aromatic carbocycles. The van der Waals surface area contributed by atoms with Crippen LogP contribution in [0.2, 0.25) is 0 Å². The highest BCUT2D eigenvalue weighted by molar-refractivity contribution is 5.80. The van der Waals surface area contributed by atoms with E-state index in [2.05, 4.69) is 27.3 Å². The standard InChI is InChI=1S/C21H28N6O2/c1-5-6-7-8-11-29-19-10-9-18(13-20(19)28-4)14-23-26-15-22-24-21(26)27-17(3)12-16(2)25-27/h9-10,12-15H,5-8,11H2,1-4H3/b23-14-. The molecule has 3 aromatic rings. The van der Waals surface area contributed by atoms with Gasteiger partial charge in [0.1, 0.15) is 6.33 Å². The van der Waals surface area contributed by atoms with Crippen LogP contribution < -0.4 is 9.47 Å². The van der Waals surface area contributed by atoms with Gasteiger partial charge in [-0.3, -0.25) is 0 Å². The van der Waals surface area contributed by atoms with Gasteiger partial charge in [0.05, 0.1) is 25.6 Å². The molecule has 8 nitrogen and oxygen atoms in total. The van der Waals surface area contributed by atoms with Crippen molar-refractivity contribution in [3.8, 4) is 17.4 Å². The van der Waals surface area contributed by atoms with Crippen molar-refractivity contribution in [1.82, 2.24) is 24.7 Å². The van der Waals surface area contributed by atoms with E-state index < -0.39 is 0 Å². The Hall–Kier alpha value is -3.16. The first-order valence-corrected chi connectivity index (χ1v) is 9.91. The van der Waals surface area contributed by atoms with Gasteiger partial charge >= 0.3 is 0 Å². The van der Waals surface area contributed by atoms with Crippen molar-refractivity contribution in [3.63, 3.8) is 0 Å². The highest BCUT2D eigenvalue weighted by Gasteiger charge is 2.10. The molecule has 0 aliphatic rings. The summed E-state index contributed by atoms with van der Waals surface area (Å²) in [6.45, 7) is 6.79. The SMILES string of the molecule is CCCCCCOc1ccc(/C=N\n2cnnc2-n2nc(C)cc2C)cc1OC. The van der Waals surface area contributed by atoms with Gasteiger partial charge in [-0.25, -0.2) is 4.68 Å². The molecule has 0 amide bonds. The average Bonchev–Trinajstić information content (AvgIpc) is 3.31. The number of ether oxygens (including phenoxy) is 2. The minimum Gasteiger partial charge on any atom is -0.493 e. The second kappa shape index (κ2) is 9.86. The molecule has 0 N–H and O–H groups in total. The van der Waals surface area contributed by atoms with Gasteiger partial charge in [-0.15, -0.1) is 10.2 Å². The summed E-state index contributed by atoms with van der Waals surface area (Å²) < 4.78 is 14.7. The lowest BCUT2D eigenvalue weighted by Gasteiger charge is -2.11.